The van der Waals surface area contributed by atoms with Crippen LogP contribution in [-0.4, -0.2) is 108 Å². The molecule has 95 heavy (non-hydrogen) atoms. The Morgan fingerprint density at radius 2 is 0.558 bits per heavy atom. The number of rotatable bonds is 37. The third-order valence-corrected chi connectivity index (χ3v) is 16.5. The predicted molar refractivity (Wildman–Crippen MR) is 360 cm³/mol. The lowest BCUT2D eigenvalue weighted by Gasteiger charge is -2.48. The van der Waals surface area contributed by atoms with E-state index >= 15 is 0 Å². The molecule has 9 aromatic rings. The van der Waals surface area contributed by atoms with Crippen LogP contribution in [0.2, 0.25) is 0 Å². The van der Waals surface area contributed by atoms with Crippen LogP contribution < -0.4 is 9.47 Å². The second-order valence-corrected chi connectivity index (χ2v) is 23.5. The Morgan fingerprint density at radius 3 is 0.926 bits per heavy atom. The maximum atomic E-state index is 7.37. The maximum absolute atomic E-state index is 7.37. The van der Waals surface area contributed by atoms with Crippen molar-refractivity contribution in [1.82, 2.24) is 0 Å². The topological polar surface area (TPSA) is 138 Å². The van der Waals surface area contributed by atoms with E-state index in [1.54, 1.807) is 14.2 Å². The van der Waals surface area contributed by atoms with Crippen LogP contribution in [0.1, 0.15) is 50.1 Å². The van der Waals surface area contributed by atoms with Crippen molar-refractivity contribution >= 4 is 0 Å². The first kappa shape index (κ1) is 68.4. The highest BCUT2D eigenvalue weighted by atomic mass is 16.8. The number of hydrogen-bond donors (Lipinski definition) is 0. The summed E-state index contributed by atoms with van der Waals surface area (Å²) in [5, 5.41) is 0. The third-order valence-electron chi connectivity index (χ3n) is 16.5. The van der Waals surface area contributed by atoms with Crippen molar-refractivity contribution in [1.29, 1.82) is 0 Å². The molecule has 496 valence electrons. The zero-order chi connectivity index (χ0) is 64.9. The summed E-state index contributed by atoms with van der Waals surface area (Å²) in [5.41, 5.74) is 8.68. The van der Waals surface area contributed by atoms with Crippen molar-refractivity contribution in [3.05, 3.63) is 311 Å². The Labute approximate surface area is 558 Å². The lowest BCUT2D eigenvalue weighted by atomic mass is 9.96. The molecule has 15 heteroatoms. The molecule has 15 nitrogen and oxygen atoms in total. The maximum Gasteiger partial charge on any atom is 0.187 e. The highest BCUT2D eigenvalue weighted by Crippen LogP contribution is 2.36. The van der Waals surface area contributed by atoms with E-state index in [0.29, 0.717) is 13.2 Å². The second kappa shape index (κ2) is 37.4. The number of benzene rings is 9. The Balaban J connectivity index is 0.950. The van der Waals surface area contributed by atoms with Crippen LogP contribution in [0.5, 0.6) is 11.5 Å². The number of hydrogen-bond acceptors (Lipinski definition) is 15. The highest BCUT2D eigenvalue weighted by Gasteiger charge is 2.52. The molecule has 0 aliphatic carbocycles. The first-order valence-corrected chi connectivity index (χ1v) is 32.5. The molecule has 0 aromatic heterocycles. The molecule has 2 aliphatic rings. The average molecular weight is 1290 g/mol. The van der Waals surface area contributed by atoms with E-state index in [4.69, 9.17) is 71.1 Å². The summed E-state index contributed by atoms with van der Waals surface area (Å²) >= 11 is 0. The second-order valence-electron chi connectivity index (χ2n) is 23.5. The fourth-order valence-corrected chi connectivity index (χ4v) is 11.4. The molecule has 11 atom stereocenters. The summed E-state index contributed by atoms with van der Waals surface area (Å²) in [6.07, 6.45) is -9.28. The zero-order valence-corrected chi connectivity index (χ0v) is 54.0. The molecular formula is C80H86O15. The normalized spacial score (nSPS) is 21.4. The molecule has 0 radical (unpaired) electrons. The fourth-order valence-electron chi connectivity index (χ4n) is 11.4. The SMILES string of the molecule is COc1ccc(COC[C@H](CO[C@@H]2O[C@H](CO[C@@H]3O[C@H](COCc4ccccc4)[C@@H](OCc4ccccc4)[C@H](OCc4ccccc4)[C@H]3OCc3ccccc3)[C@H](OCc3ccccc3)[C@H](OCc3ccccc3)[C@H]2OCc2ccccc2)OCc2ccc(OC)cc2)cc1. The van der Waals surface area contributed by atoms with Gasteiger partial charge < -0.3 is 71.1 Å². The summed E-state index contributed by atoms with van der Waals surface area (Å²) in [4.78, 5) is 0. The van der Waals surface area contributed by atoms with Gasteiger partial charge in [0.15, 0.2) is 12.6 Å². The summed E-state index contributed by atoms with van der Waals surface area (Å²) < 4.78 is 102. The Bertz CT molecular complexity index is 3510. The van der Waals surface area contributed by atoms with Crippen molar-refractivity contribution in [3.63, 3.8) is 0 Å². The van der Waals surface area contributed by atoms with Gasteiger partial charge in [-0.15, -0.1) is 0 Å². The standard InChI is InChI=1S/C80H86O15/c1-81-68-42-38-66(39-43-68)47-83-55-70(85-48-67-40-44-69(82-2)45-41-67)56-92-79-77(90-53-64-34-20-8-21-35-64)76(89-52-63-32-18-7-19-33-63)74(87-50-61-28-14-5-15-29-61)72(95-79)58-93-80-78(91-54-65-36-22-9-23-37-65)75(88-51-62-30-16-6-17-31-62)73(86-49-60-26-12-4-13-27-60)71(94-80)57-84-46-59-24-10-3-11-25-59/h3-45,70-80H,46-58H2,1-2H3/t70-,71-,72-,73-,74+,75+,76+,77-,78-,79-,80-/m1/s1. The van der Waals surface area contributed by atoms with Gasteiger partial charge in [-0.2, -0.15) is 0 Å². The summed E-state index contributed by atoms with van der Waals surface area (Å²) in [5.74, 6) is 1.50. The Kier molecular flexibility index (Phi) is 26.9. The van der Waals surface area contributed by atoms with Crippen LogP contribution >= 0.6 is 0 Å². The highest BCUT2D eigenvalue weighted by molar-refractivity contribution is 5.28. The van der Waals surface area contributed by atoms with E-state index in [1.165, 1.54) is 0 Å². The van der Waals surface area contributed by atoms with Gasteiger partial charge >= 0.3 is 0 Å². The summed E-state index contributed by atoms with van der Waals surface area (Å²) in [6, 6.07) is 85.9. The first-order chi connectivity index (χ1) is 47.0. The monoisotopic (exact) mass is 1290 g/mol. The Morgan fingerprint density at radius 1 is 0.263 bits per heavy atom. The van der Waals surface area contributed by atoms with Crippen molar-refractivity contribution in [2.45, 2.75) is 127 Å². The number of ether oxygens (including phenoxy) is 15. The third kappa shape index (κ3) is 21.3. The molecule has 0 bridgehead atoms. The van der Waals surface area contributed by atoms with Crippen molar-refractivity contribution in [3.8, 4) is 11.5 Å². The molecule has 11 rings (SSSR count). The Hall–Kier alpha value is -7.94. The molecule has 2 saturated heterocycles. The minimum absolute atomic E-state index is 0.0275. The quantitative estimate of drug-likeness (QED) is 0.0365. The zero-order valence-electron chi connectivity index (χ0n) is 54.0. The van der Waals surface area contributed by atoms with Crippen LogP contribution in [0.4, 0.5) is 0 Å². The van der Waals surface area contributed by atoms with E-state index in [-0.39, 0.29) is 72.7 Å². The minimum atomic E-state index is -1.09. The molecule has 0 spiro atoms. The largest absolute Gasteiger partial charge is 0.497 e. The molecular weight excluding hydrogens is 1200 g/mol. The van der Waals surface area contributed by atoms with Gasteiger partial charge in [0, 0.05) is 0 Å². The van der Waals surface area contributed by atoms with Gasteiger partial charge in [-0.05, 0) is 74.3 Å². The average Bonchev–Trinajstić information content (AvgIpc) is 1.10. The van der Waals surface area contributed by atoms with Gasteiger partial charge in [-0.1, -0.05) is 237 Å². The van der Waals surface area contributed by atoms with E-state index in [0.717, 1.165) is 61.6 Å². The van der Waals surface area contributed by atoms with E-state index < -0.39 is 67.5 Å². The smallest absolute Gasteiger partial charge is 0.187 e. The number of methoxy groups -OCH3 is 2. The fraction of sp³-hybridized carbons (Fsp3) is 0.325. The van der Waals surface area contributed by atoms with Crippen LogP contribution in [0.25, 0.3) is 0 Å². The molecule has 9 aromatic carbocycles. The van der Waals surface area contributed by atoms with Gasteiger partial charge in [0.1, 0.15) is 66.4 Å². The summed E-state index contributed by atoms with van der Waals surface area (Å²) in [6.45, 7) is 2.50. The van der Waals surface area contributed by atoms with Crippen molar-refractivity contribution < 1.29 is 71.1 Å². The summed E-state index contributed by atoms with van der Waals surface area (Å²) in [7, 11) is 3.30. The molecule has 0 N–H and O–H groups in total. The van der Waals surface area contributed by atoms with Gasteiger partial charge in [0.05, 0.1) is 100 Å². The van der Waals surface area contributed by atoms with Crippen molar-refractivity contribution in [2.75, 3.05) is 40.6 Å². The molecule has 0 saturated carbocycles. The van der Waals surface area contributed by atoms with Crippen LogP contribution in [0, 0.1) is 0 Å². The van der Waals surface area contributed by atoms with Gasteiger partial charge in [0.2, 0.25) is 0 Å². The van der Waals surface area contributed by atoms with Crippen LogP contribution in [0.15, 0.2) is 261 Å². The molecule has 0 unspecified atom stereocenters. The predicted octanol–water partition coefficient (Wildman–Crippen LogP) is 14.0. The molecule has 0 amide bonds. The minimum Gasteiger partial charge on any atom is -0.497 e. The van der Waals surface area contributed by atoms with Crippen LogP contribution in [0.3, 0.4) is 0 Å². The van der Waals surface area contributed by atoms with Gasteiger partial charge in [-0.25, -0.2) is 0 Å². The van der Waals surface area contributed by atoms with E-state index in [2.05, 4.69) is 0 Å². The van der Waals surface area contributed by atoms with Crippen LogP contribution in [-0.2, 0) is 121 Å². The first-order valence-electron chi connectivity index (χ1n) is 32.5. The lowest BCUT2D eigenvalue weighted by Crippen LogP contribution is -2.64. The van der Waals surface area contributed by atoms with Gasteiger partial charge in [0.25, 0.3) is 0 Å². The molecule has 2 aliphatic heterocycles. The van der Waals surface area contributed by atoms with E-state index in [9.17, 15) is 0 Å². The van der Waals surface area contributed by atoms with Crippen molar-refractivity contribution in [2.24, 2.45) is 0 Å². The lowest BCUT2D eigenvalue weighted by molar-refractivity contribution is -0.354. The van der Waals surface area contributed by atoms with E-state index in [1.807, 2.05) is 261 Å². The molecule has 2 heterocycles. The van der Waals surface area contributed by atoms with Gasteiger partial charge in [-0.3, -0.25) is 0 Å². The molecule has 2 fully saturated rings.